The molecule has 0 saturated carbocycles. The third-order valence-corrected chi connectivity index (χ3v) is 4.70. The van der Waals surface area contributed by atoms with Crippen LogP contribution in [0.3, 0.4) is 0 Å². The smallest absolute Gasteiger partial charge is 0.100 e. The fourth-order valence-corrected chi connectivity index (χ4v) is 3.28. The molecule has 0 aliphatic carbocycles. The van der Waals surface area contributed by atoms with Crippen LogP contribution in [0.4, 0.5) is 0 Å². The second kappa shape index (κ2) is 7.64. The first-order chi connectivity index (χ1) is 9.31. The minimum atomic E-state index is 0.644. The summed E-state index contributed by atoms with van der Waals surface area (Å²) in [6.45, 7) is 6.88. The van der Waals surface area contributed by atoms with Gasteiger partial charge in [-0.2, -0.15) is 5.26 Å². The van der Waals surface area contributed by atoms with E-state index in [9.17, 15) is 0 Å². The Bertz CT molecular complexity index is 413. The molecule has 19 heavy (non-hydrogen) atoms. The third-order valence-electron chi connectivity index (χ3n) is 3.76. The molecule has 4 heteroatoms. The van der Waals surface area contributed by atoms with Crippen molar-refractivity contribution in [3.63, 3.8) is 0 Å². The van der Waals surface area contributed by atoms with E-state index in [1.165, 1.54) is 50.2 Å². The van der Waals surface area contributed by atoms with E-state index in [-0.39, 0.29) is 0 Å². The number of hydrogen-bond acceptors (Lipinski definition) is 4. The molecule has 2 rings (SSSR count). The molecule has 0 amide bonds. The number of hydrogen-bond donors (Lipinski definition) is 1. The fraction of sp³-hybridized carbons (Fsp3) is 0.667. The zero-order valence-electron chi connectivity index (χ0n) is 11.7. The average molecular weight is 277 g/mol. The first-order valence-electron chi connectivity index (χ1n) is 7.25. The van der Waals surface area contributed by atoms with Crippen LogP contribution < -0.4 is 5.32 Å². The SMILES string of the molecule is CCCCN1CCC(NCc2cc(C#N)cs2)CC1. The molecule has 0 aromatic carbocycles. The van der Waals surface area contributed by atoms with Crippen molar-refractivity contribution in [2.75, 3.05) is 19.6 Å². The summed E-state index contributed by atoms with van der Waals surface area (Å²) in [5, 5.41) is 14.4. The molecule has 1 aliphatic rings. The highest BCUT2D eigenvalue weighted by molar-refractivity contribution is 7.10. The number of piperidine rings is 1. The Labute approximate surface area is 120 Å². The highest BCUT2D eigenvalue weighted by atomic mass is 32.1. The third kappa shape index (κ3) is 4.61. The van der Waals surface area contributed by atoms with E-state index < -0.39 is 0 Å². The number of unbranched alkanes of at least 4 members (excludes halogenated alkanes) is 1. The molecular weight excluding hydrogens is 254 g/mol. The lowest BCUT2D eigenvalue weighted by Gasteiger charge is -2.32. The van der Waals surface area contributed by atoms with Gasteiger partial charge < -0.3 is 10.2 Å². The second-order valence-electron chi connectivity index (χ2n) is 5.26. The molecule has 1 aromatic rings. The lowest BCUT2D eigenvalue weighted by molar-refractivity contribution is 0.195. The summed E-state index contributed by atoms with van der Waals surface area (Å²) in [5.74, 6) is 0. The predicted molar refractivity (Wildman–Crippen MR) is 80.2 cm³/mol. The molecule has 1 saturated heterocycles. The van der Waals surface area contributed by atoms with Crippen LogP contribution >= 0.6 is 11.3 Å². The Balaban J connectivity index is 1.67. The van der Waals surface area contributed by atoms with E-state index in [1.807, 2.05) is 11.4 Å². The molecule has 1 N–H and O–H groups in total. The van der Waals surface area contributed by atoms with E-state index in [1.54, 1.807) is 11.3 Å². The number of thiophene rings is 1. The zero-order chi connectivity index (χ0) is 13.5. The molecule has 104 valence electrons. The van der Waals surface area contributed by atoms with Crippen molar-refractivity contribution >= 4 is 11.3 Å². The van der Waals surface area contributed by atoms with Crippen LogP contribution in [-0.2, 0) is 6.54 Å². The Morgan fingerprint density at radius 2 is 2.26 bits per heavy atom. The van der Waals surface area contributed by atoms with Crippen LogP contribution in [0.25, 0.3) is 0 Å². The zero-order valence-corrected chi connectivity index (χ0v) is 12.5. The maximum atomic E-state index is 8.80. The van der Waals surface area contributed by atoms with Crippen molar-refractivity contribution in [2.45, 2.75) is 45.2 Å². The molecule has 0 radical (unpaired) electrons. The topological polar surface area (TPSA) is 39.1 Å². The van der Waals surface area contributed by atoms with Crippen LogP contribution in [-0.4, -0.2) is 30.6 Å². The average Bonchev–Trinajstić information content (AvgIpc) is 2.92. The van der Waals surface area contributed by atoms with Gasteiger partial charge in [0.1, 0.15) is 6.07 Å². The summed E-state index contributed by atoms with van der Waals surface area (Å²) >= 11 is 1.68. The summed E-state index contributed by atoms with van der Waals surface area (Å²) in [7, 11) is 0. The molecule has 2 heterocycles. The number of nitriles is 1. The molecular formula is C15H23N3S. The van der Waals surface area contributed by atoms with Gasteiger partial charge in [-0.15, -0.1) is 11.3 Å². The Morgan fingerprint density at radius 1 is 1.47 bits per heavy atom. The molecule has 0 spiro atoms. The Kier molecular flexibility index (Phi) is 5.84. The lowest BCUT2D eigenvalue weighted by atomic mass is 10.0. The quantitative estimate of drug-likeness (QED) is 0.869. The lowest BCUT2D eigenvalue weighted by Crippen LogP contribution is -2.42. The van der Waals surface area contributed by atoms with Crippen LogP contribution in [0.2, 0.25) is 0 Å². The highest BCUT2D eigenvalue weighted by Gasteiger charge is 2.18. The fourth-order valence-electron chi connectivity index (χ4n) is 2.52. The van der Waals surface area contributed by atoms with E-state index >= 15 is 0 Å². The molecule has 0 bridgehead atoms. The van der Waals surface area contributed by atoms with E-state index in [0.29, 0.717) is 6.04 Å². The molecule has 0 atom stereocenters. The standard InChI is InChI=1S/C15H23N3S/c1-2-3-6-18-7-4-14(5-8-18)17-11-15-9-13(10-16)12-19-15/h9,12,14,17H,2-8,11H2,1H3. The van der Waals surface area contributed by atoms with Crippen LogP contribution in [0.15, 0.2) is 11.4 Å². The van der Waals surface area contributed by atoms with Crippen LogP contribution in [0, 0.1) is 11.3 Å². The van der Waals surface area contributed by atoms with Crippen molar-refractivity contribution in [1.82, 2.24) is 10.2 Å². The number of likely N-dealkylation sites (tertiary alicyclic amines) is 1. The largest absolute Gasteiger partial charge is 0.309 e. The van der Waals surface area contributed by atoms with Crippen molar-refractivity contribution in [3.8, 4) is 6.07 Å². The van der Waals surface area contributed by atoms with Crippen molar-refractivity contribution in [2.24, 2.45) is 0 Å². The van der Waals surface area contributed by atoms with E-state index in [0.717, 1.165) is 12.1 Å². The van der Waals surface area contributed by atoms with Gasteiger partial charge >= 0.3 is 0 Å². The van der Waals surface area contributed by atoms with Gasteiger partial charge in [-0.3, -0.25) is 0 Å². The van der Waals surface area contributed by atoms with Crippen molar-refractivity contribution in [3.05, 3.63) is 21.9 Å². The van der Waals surface area contributed by atoms with Gasteiger partial charge in [-0.1, -0.05) is 13.3 Å². The normalized spacial score (nSPS) is 17.5. The van der Waals surface area contributed by atoms with Gasteiger partial charge in [0.2, 0.25) is 0 Å². The first-order valence-corrected chi connectivity index (χ1v) is 8.13. The minimum Gasteiger partial charge on any atom is -0.309 e. The predicted octanol–water partition coefficient (Wildman–Crippen LogP) is 2.97. The molecule has 1 aromatic heterocycles. The van der Waals surface area contributed by atoms with Gasteiger partial charge in [-0.05, 0) is 45.0 Å². The molecule has 0 unspecified atom stereocenters. The van der Waals surface area contributed by atoms with Crippen LogP contribution in [0.1, 0.15) is 43.0 Å². The Morgan fingerprint density at radius 3 is 2.89 bits per heavy atom. The second-order valence-corrected chi connectivity index (χ2v) is 6.26. The molecule has 3 nitrogen and oxygen atoms in total. The summed E-state index contributed by atoms with van der Waals surface area (Å²) in [5.41, 5.74) is 0.788. The maximum Gasteiger partial charge on any atom is 0.100 e. The van der Waals surface area contributed by atoms with Gasteiger partial charge in [0.25, 0.3) is 0 Å². The minimum absolute atomic E-state index is 0.644. The van der Waals surface area contributed by atoms with Gasteiger partial charge in [0.15, 0.2) is 0 Å². The monoisotopic (exact) mass is 277 g/mol. The van der Waals surface area contributed by atoms with Gasteiger partial charge in [-0.25, -0.2) is 0 Å². The Hall–Kier alpha value is -0.890. The number of rotatable bonds is 6. The van der Waals surface area contributed by atoms with E-state index in [4.69, 9.17) is 5.26 Å². The van der Waals surface area contributed by atoms with Crippen LogP contribution in [0.5, 0.6) is 0 Å². The van der Waals surface area contributed by atoms with Crippen molar-refractivity contribution < 1.29 is 0 Å². The summed E-state index contributed by atoms with van der Waals surface area (Å²) < 4.78 is 0. The maximum absolute atomic E-state index is 8.80. The summed E-state index contributed by atoms with van der Waals surface area (Å²) in [6, 6.07) is 4.82. The summed E-state index contributed by atoms with van der Waals surface area (Å²) in [6.07, 6.45) is 5.11. The number of nitrogens with one attached hydrogen (secondary N) is 1. The molecule has 1 aliphatic heterocycles. The highest BCUT2D eigenvalue weighted by Crippen LogP contribution is 2.16. The molecule has 1 fully saturated rings. The first kappa shape index (κ1) is 14.5. The number of nitrogens with zero attached hydrogens (tertiary/aromatic N) is 2. The summed E-state index contributed by atoms with van der Waals surface area (Å²) in [4.78, 5) is 3.85. The van der Waals surface area contributed by atoms with Crippen molar-refractivity contribution in [1.29, 1.82) is 5.26 Å². The van der Waals surface area contributed by atoms with Gasteiger partial charge in [0, 0.05) is 22.8 Å². The van der Waals surface area contributed by atoms with E-state index in [2.05, 4.69) is 23.2 Å². The van der Waals surface area contributed by atoms with Gasteiger partial charge in [0.05, 0.1) is 5.56 Å².